The smallest absolute Gasteiger partial charge is 0.244 e. The zero-order chi connectivity index (χ0) is 17.0. The Kier molecular flexibility index (Phi) is 5.40. The number of anilines is 2. The predicted molar refractivity (Wildman–Crippen MR) is 94.0 cm³/mol. The fourth-order valence-corrected chi connectivity index (χ4v) is 2.68. The lowest BCUT2D eigenvalue weighted by atomic mass is 10.1. The number of amides is 2. The number of hydrogen-bond donors (Lipinski definition) is 1. The standard InChI is InChI=1S/C18H19ClN2O2/c1-12-6-4-7-13(2)18(12)21(14(3)22)11-17(23)20-16-9-5-8-15(19)10-16/h4-10H,11H2,1-3H3,(H,20,23). The third kappa shape index (κ3) is 4.33. The molecule has 1 N–H and O–H groups in total. The Morgan fingerprint density at radius 3 is 2.26 bits per heavy atom. The summed E-state index contributed by atoms with van der Waals surface area (Å²) in [6.45, 7) is 5.26. The molecule has 23 heavy (non-hydrogen) atoms. The van der Waals surface area contributed by atoms with Crippen molar-refractivity contribution in [2.45, 2.75) is 20.8 Å². The lowest BCUT2D eigenvalue weighted by Crippen LogP contribution is -2.37. The fourth-order valence-electron chi connectivity index (χ4n) is 2.49. The van der Waals surface area contributed by atoms with Crippen molar-refractivity contribution < 1.29 is 9.59 Å². The monoisotopic (exact) mass is 330 g/mol. The van der Waals surface area contributed by atoms with Crippen LogP contribution in [-0.2, 0) is 9.59 Å². The van der Waals surface area contributed by atoms with Crippen LogP contribution in [0.15, 0.2) is 42.5 Å². The number of halogens is 1. The molecule has 0 aliphatic heterocycles. The number of carbonyl (C=O) groups excluding carboxylic acids is 2. The second-order valence-electron chi connectivity index (χ2n) is 5.40. The zero-order valence-corrected chi connectivity index (χ0v) is 14.1. The first-order chi connectivity index (χ1) is 10.9. The van der Waals surface area contributed by atoms with Crippen molar-refractivity contribution in [2.24, 2.45) is 0 Å². The van der Waals surface area contributed by atoms with Gasteiger partial charge < -0.3 is 10.2 Å². The molecule has 2 rings (SSSR count). The Morgan fingerprint density at radius 2 is 1.70 bits per heavy atom. The number of nitrogens with zero attached hydrogens (tertiary/aromatic N) is 1. The number of aryl methyl sites for hydroxylation is 2. The summed E-state index contributed by atoms with van der Waals surface area (Å²) >= 11 is 5.91. The molecule has 0 heterocycles. The highest BCUT2D eigenvalue weighted by Gasteiger charge is 2.19. The highest BCUT2D eigenvalue weighted by atomic mass is 35.5. The van der Waals surface area contributed by atoms with Gasteiger partial charge in [0, 0.05) is 17.6 Å². The molecule has 5 heteroatoms. The van der Waals surface area contributed by atoms with Crippen molar-refractivity contribution in [3.05, 3.63) is 58.6 Å². The minimum atomic E-state index is -0.273. The van der Waals surface area contributed by atoms with Gasteiger partial charge in [-0.15, -0.1) is 0 Å². The van der Waals surface area contributed by atoms with Crippen LogP contribution >= 0.6 is 11.6 Å². The van der Waals surface area contributed by atoms with Gasteiger partial charge >= 0.3 is 0 Å². The average molecular weight is 331 g/mol. The maximum atomic E-state index is 12.3. The quantitative estimate of drug-likeness (QED) is 0.922. The molecule has 0 unspecified atom stereocenters. The Bertz CT molecular complexity index is 723. The summed E-state index contributed by atoms with van der Waals surface area (Å²) in [7, 11) is 0. The van der Waals surface area contributed by atoms with E-state index in [2.05, 4.69) is 5.32 Å². The molecular weight excluding hydrogens is 312 g/mol. The van der Waals surface area contributed by atoms with Gasteiger partial charge in [0.25, 0.3) is 0 Å². The van der Waals surface area contributed by atoms with E-state index < -0.39 is 0 Å². The van der Waals surface area contributed by atoms with E-state index in [1.165, 1.54) is 11.8 Å². The summed E-state index contributed by atoms with van der Waals surface area (Å²) in [6, 6.07) is 12.7. The molecule has 0 radical (unpaired) electrons. The van der Waals surface area contributed by atoms with Crippen LogP contribution in [0.1, 0.15) is 18.1 Å². The first kappa shape index (κ1) is 17.0. The van der Waals surface area contributed by atoms with Gasteiger partial charge in [0.05, 0.1) is 5.69 Å². The SMILES string of the molecule is CC(=O)N(CC(=O)Nc1cccc(Cl)c1)c1c(C)cccc1C. The second-order valence-corrected chi connectivity index (χ2v) is 5.84. The minimum absolute atomic E-state index is 0.0481. The van der Waals surface area contributed by atoms with Gasteiger partial charge in [0.15, 0.2) is 0 Å². The normalized spacial score (nSPS) is 10.3. The zero-order valence-electron chi connectivity index (χ0n) is 13.4. The molecule has 0 saturated carbocycles. The van der Waals surface area contributed by atoms with Crippen LogP contribution in [0, 0.1) is 13.8 Å². The van der Waals surface area contributed by atoms with Gasteiger partial charge in [-0.25, -0.2) is 0 Å². The molecule has 0 bridgehead atoms. The summed E-state index contributed by atoms with van der Waals surface area (Å²) in [6.07, 6.45) is 0. The molecule has 4 nitrogen and oxygen atoms in total. The maximum Gasteiger partial charge on any atom is 0.244 e. The Labute approximate surface area is 141 Å². The third-order valence-corrected chi connectivity index (χ3v) is 3.73. The Balaban J connectivity index is 2.20. The molecule has 0 atom stereocenters. The maximum absolute atomic E-state index is 12.3. The lowest BCUT2D eigenvalue weighted by molar-refractivity contribution is -0.120. The molecule has 0 fully saturated rings. The molecule has 2 aromatic carbocycles. The number of nitrogens with one attached hydrogen (secondary N) is 1. The van der Waals surface area contributed by atoms with Crippen molar-refractivity contribution in [3.63, 3.8) is 0 Å². The van der Waals surface area contributed by atoms with Crippen molar-refractivity contribution in [1.82, 2.24) is 0 Å². The van der Waals surface area contributed by atoms with Crippen LogP contribution in [0.3, 0.4) is 0 Å². The van der Waals surface area contributed by atoms with Gasteiger partial charge in [0.2, 0.25) is 11.8 Å². The Hall–Kier alpha value is -2.33. The first-order valence-corrected chi connectivity index (χ1v) is 7.66. The van der Waals surface area contributed by atoms with Crippen molar-refractivity contribution >= 4 is 34.8 Å². The van der Waals surface area contributed by atoms with E-state index in [0.29, 0.717) is 10.7 Å². The largest absolute Gasteiger partial charge is 0.324 e. The molecule has 0 spiro atoms. The van der Waals surface area contributed by atoms with Gasteiger partial charge in [-0.05, 0) is 43.2 Å². The predicted octanol–water partition coefficient (Wildman–Crippen LogP) is 3.95. The van der Waals surface area contributed by atoms with Crippen molar-refractivity contribution in [1.29, 1.82) is 0 Å². The first-order valence-electron chi connectivity index (χ1n) is 7.28. The highest BCUT2D eigenvalue weighted by Crippen LogP contribution is 2.25. The third-order valence-electron chi connectivity index (χ3n) is 3.50. The Morgan fingerprint density at radius 1 is 1.09 bits per heavy atom. The van der Waals surface area contributed by atoms with E-state index in [9.17, 15) is 9.59 Å². The van der Waals surface area contributed by atoms with E-state index in [1.54, 1.807) is 24.3 Å². The molecule has 0 aliphatic carbocycles. The summed E-state index contributed by atoms with van der Waals surface area (Å²) in [5, 5.41) is 3.30. The van der Waals surface area contributed by atoms with Crippen molar-refractivity contribution in [2.75, 3.05) is 16.8 Å². The summed E-state index contributed by atoms with van der Waals surface area (Å²) in [5.74, 6) is -0.450. The minimum Gasteiger partial charge on any atom is -0.324 e. The molecule has 120 valence electrons. The van der Waals surface area contributed by atoms with Gasteiger partial charge in [-0.1, -0.05) is 35.9 Å². The number of benzene rings is 2. The van der Waals surface area contributed by atoms with Crippen LogP contribution in [0.2, 0.25) is 5.02 Å². The van der Waals surface area contributed by atoms with E-state index in [0.717, 1.165) is 16.8 Å². The van der Waals surface area contributed by atoms with E-state index in [1.807, 2.05) is 32.0 Å². The van der Waals surface area contributed by atoms with E-state index >= 15 is 0 Å². The van der Waals surface area contributed by atoms with Crippen molar-refractivity contribution in [3.8, 4) is 0 Å². The number of hydrogen-bond acceptors (Lipinski definition) is 2. The summed E-state index contributed by atoms with van der Waals surface area (Å²) in [5.41, 5.74) is 3.29. The molecule has 0 saturated heterocycles. The van der Waals surface area contributed by atoms with E-state index in [-0.39, 0.29) is 18.4 Å². The number of rotatable bonds is 4. The molecule has 0 aliphatic rings. The van der Waals surface area contributed by atoms with Crippen LogP contribution in [0.4, 0.5) is 11.4 Å². The molecule has 0 aromatic heterocycles. The second kappa shape index (κ2) is 7.29. The topological polar surface area (TPSA) is 49.4 Å². The average Bonchev–Trinajstić information content (AvgIpc) is 2.45. The molecule has 2 aromatic rings. The van der Waals surface area contributed by atoms with Crippen LogP contribution in [-0.4, -0.2) is 18.4 Å². The fraction of sp³-hybridized carbons (Fsp3) is 0.222. The molecular formula is C18H19ClN2O2. The van der Waals surface area contributed by atoms with Gasteiger partial charge in [-0.3, -0.25) is 9.59 Å². The summed E-state index contributed by atoms with van der Waals surface area (Å²) in [4.78, 5) is 25.8. The van der Waals surface area contributed by atoms with Gasteiger partial charge in [0.1, 0.15) is 6.54 Å². The van der Waals surface area contributed by atoms with Crippen LogP contribution < -0.4 is 10.2 Å². The van der Waals surface area contributed by atoms with Crippen LogP contribution in [0.25, 0.3) is 0 Å². The highest BCUT2D eigenvalue weighted by molar-refractivity contribution is 6.30. The van der Waals surface area contributed by atoms with Gasteiger partial charge in [-0.2, -0.15) is 0 Å². The summed E-state index contributed by atoms with van der Waals surface area (Å²) < 4.78 is 0. The van der Waals surface area contributed by atoms with Crippen LogP contribution in [0.5, 0.6) is 0 Å². The number of carbonyl (C=O) groups is 2. The van der Waals surface area contributed by atoms with E-state index in [4.69, 9.17) is 11.6 Å². The number of para-hydroxylation sites is 1. The lowest BCUT2D eigenvalue weighted by Gasteiger charge is -2.24. The molecule has 2 amide bonds.